The SMILES string of the molecule is CC(N)CCC(=O)Nc1cccc(Cl)n1. The number of pyridine rings is 1. The Hall–Kier alpha value is -1.13. The fourth-order valence-electron chi connectivity index (χ4n) is 1.04. The molecule has 0 saturated carbocycles. The zero-order valence-corrected chi connectivity index (χ0v) is 9.29. The predicted octanol–water partition coefficient (Wildman–Crippen LogP) is 1.80. The first kappa shape index (κ1) is 11.9. The molecule has 0 aliphatic heterocycles. The van der Waals surface area contributed by atoms with Crippen LogP contribution in [-0.4, -0.2) is 16.9 Å². The van der Waals surface area contributed by atoms with Crippen LogP contribution in [0.4, 0.5) is 5.82 Å². The van der Waals surface area contributed by atoms with Gasteiger partial charge in [0.15, 0.2) is 0 Å². The summed E-state index contributed by atoms with van der Waals surface area (Å²) < 4.78 is 0. The molecule has 1 atom stereocenters. The highest BCUT2D eigenvalue weighted by Gasteiger charge is 2.04. The fourth-order valence-corrected chi connectivity index (χ4v) is 1.21. The minimum Gasteiger partial charge on any atom is -0.328 e. The monoisotopic (exact) mass is 227 g/mol. The van der Waals surface area contributed by atoms with Crippen molar-refractivity contribution in [3.8, 4) is 0 Å². The van der Waals surface area contributed by atoms with Gasteiger partial charge in [0.2, 0.25) is 5.91 Å². The molecule has 0 aliphatic carbocycles. The number of nitrogens with one attached hydrogen (secondary N) is 1. The summed E-state index contributed by atoms with van der Waals surface area (Å²) in [6.45, 7) is 1.87. The highest BCUT2D eigenvalue weighted by molar-refractivity contribution is 6.29. The van der Waals surface area contributed by atoms with Gasteiger partial charge >= 0.3 is 0 Å². The van der Waals surface area contributed by atoms with Gasteiger partial charge in [-0.15, -0.1) is 0 Å². The maximum atomic E-state index is 11.4. The molecule has 0 fully saturated rings. The largest absolute Gasteiger partial charge is 0.328 e. The standard InChI is InChI=1S/C10H14ClN3O/c1-7(12)5-6-10(15)14-9-4-2-3-8(11)13-9/h2-4,7H,5-6,12H2,1H3,(H,13,14,15). The van der Waals surface area contributed by atoms with Gasteiger partial charge in [-0.1, -0.05) is 17.7 Å². The van der Waals surface area contributed by atoms with Crippen LogP contribution in [0.5, 0.6) is 0 Å². The Bertz CT molecular complexity index is 341. The topological polar surface area (TPSA) is 68.0 Å². The molecule has 0 spiro atoms. The van der Waals surface area contributed by atoms with Gasteiger partial charge in [-0.25, -0.2) is 4.98 Å². The Labute approximate surface area is 93.8 Å². The number of aromatic nitrogens is 1. The molecule has 1 unspecified atom stereocenters. The van der Waals surface area contributed by atoms with Crippen LogP contribution in [0.2, 0.25) is 5.15 Å². The van der Waals surface area contributed by atoms with Crippen molar-refractivity contribution in [1.82, 2.24) is 4.98 Å². The van der Waals surface area contributed by atoms with Gasteiger partial charge in [0.25, 0.3) is 0 Å². The molecule has 1 rings (SSSR count). The van der Waals surface area contributed by atoms with Crippen LogP contribution < -0.4 is 11.1 Å². The number of nitrogens with zero attached hydrogens (tertiary/aromatic N) is 1. The Morgan fingerprint density at radius 2 is 2.40 bits per heavy atom. The van der Waals surface area contributed by atoms with Crippen LogP contribution in [0.1, 0.15) is 19.8 Å². The molecule has 1 aromatic rings. The molecular formula is C10H14ClN3O. The quantitative estimate of drug-likeness (QED) is 0.771. The molecule has 1 heterocycles. The minimum atomic E-state index is -0.0953. The number of carbonyl (C=O) groups is 1. The summed E-state index contributed by atoms with van der Waals surface area (Å²) in [7, 11) is 0. The lowest BCUT2D eigenvalue weighted by Crippen LogP contribution is -2.19. The third-order valence-electron chi connectivity index (χ3n) is 1.81. The molecule has 0 aliphatic rings. The van der Waals surface area contributed by atoms with Gasteiger partial charge in [-0.05, 0) is 25.5 Å². The zero-order valence-electron chi connectivity index (χ0n) is 8.53. The highest BCUT2D eigenvalue weighted by Crippen LogP contribution is 2.09. The van der Waals surface area contributed by atoms with Crippen molar-refractivity contribution in [2.75, 3.05) is 5.32 Å². The van der Waals surface area contributed by atoms with Crippen molar-refractivity contribution in [2.45, 2.75) is 25.8 Å². The number of carbonyl (C=O) groups excluding carboxylic acids is 1. The van der Waals surface area contributed by atoms with E-state index in [-0.39, 0.29) is 11.9 Å². The van der Waals surface area contributed by atoms with E-state index in [1.807, 2.05) is 6.92 Å². The van der Waals surface area contributed by atoms with Crippen molar-refractivity contribution in [3.63, 3.8) is 0 Å². The van der Waals surface area contributed by atoms with Crippen LogP contribution >= 0.6 is 11.6 Å². The van der Waals surface area contributed by atoms with E-state index in [2.05, 4.69) is 10.3 Å². The number of hydrogen-bond acceptors (Lipinski definition) is 3. The van der Waals surface area contributed by atoms with Crippen LogP contribution in [0.25, 0.3) is 0 Å². The van der Waals surface area contributed by atoms with E-state index in [0.717, 1.165) is 0 Å². The third-order valence-corrected chi connectivity index (χ3v) is 2.02. The Morgan fingerprint density at radius 3 is 3.00 bits per heavy atom. The van der Waals surface area contributed by atoms with E-state index >= 15 is 0 Å². The minimum absolute atomic E-state index is 0.0306. The molecule has 1 amide bonds. The molecule has 0 saturated heterocycles. The lowest BCUT2D eigenvalue weighted by atomic mass is 10.2. The molecule has 82 valence electrons. The van der Waals surface area contributed by atoms with Gasteiger partial charge < -0.3 is 11.1 Å². The summed E-state index contributed by atoms with van der Waals surface area (Å²) >= 11 is 5.67. The smallest absolute Gasteiger partial charge is 0.225 e. The average molecular weight is 228 g/mol. The van der Waals surface area contributed by atoms with E-state index in [9.17, 15) is 4.79 Å². The second-order valence-electron chi connectivity index (χ2n) is 3.41. The first-order valence-corrected chi connectivity index (χ1v) is 5.13. The second kappa shape index (κ2) is 5.68. The summed E-state index contributed by atoms with van der Waals surface area (Å²) in [6, 6.07) is 5.11. The lowest BCUT2D eigenvalue weighted by molar-refractivity contribution is -0.116. The summed E-state index contributed by atoms with van der Waals surface area (Å²) in [6.07, 6.45) is 1.05. The van der Waals surface area contributed by atoms with Crippen molar-refractivity contribution < 1.29 is 4.79 Å². The third kappa shape index (κ3) is 4.76. The summed E-state index contributed by atoms with van der Waals surface area (Å²) in [5, 5.41) is 3.01. The van der Waals surface area contributed by atoms with Crippen molar-refractivity contribution >= 4 is 23.3 Å². The molecule has 15 heavy (non-hydrogen) atoms. The fraction of sp³-hybridized carbons (Fsp3) is 0.400. The predicted molar refractivity (Wildman–Crippen MR) is 60.8 cm³/mol. The lowest BCUT2D eigenvalue weighted by Gasteiger charge is -2.06. The maximum Gasteiger partial charge on any atom is 0.225 e. The number of halogens is 1. The van der Waals surface area contributed by atoms with Crippen molar-refractivity contribution in [2.24, 2.45) is 5.73 Å². The number of hydrogen-bond donors (Lipinski definition) is 2. The number of nitrogens with two attached hydrogens (primary N) is 1. The maximum absolute atomic E-state index is 11.4. The molecule has 4 nitrogen and oxygen atoms in total. The Balaban J connectivity index is 2.44. The first-order chi connectivity index (χ1) is 7.08. The van der Waals surface area contributed by atoms with Gasteiger partial charge in [0.05, 0.1) is 0 Å². The van der Waals surface area contributed by atoms with E-state index in [1.165, 1.54) is 0 Å². The molecule has 0 bridgehead atoms. The van der Waals surface area contributed by atoms with E-state index in [4.69, 9.17) is 17.3 Å². The van der Waals surface area contributed by atoms with E-state index in [0.29, 0.717) is 23.8 Å². The van der Waals surface area contributed by atoms with Gasteiger partial charge in [0.1, 0.15) is 11.0 Å². The van der Waals surface area contributed by atoms with E-state index in [1.54, 1.807) is 18.2 Å². The van der Waals surface area contributed by atoms with E-state index < -0.39 is 0 Å². The van der Waals surface area contributed by atoms with Crippen LogP contribution in [-0.2, 0) is 4.79 Å². The molecular weight excluding hydrogens is 214 g/mol. The van der Waals surface area contributed by atoms with Crippen molar-refractivity contribution in [3.05, 3.63) is 23.4 Å². The summed E-state index contributed by atoms with van der Waals surface area (Å²) in [5.74, 6) is 0.374. The molecule has 3 N–H and O–H groups in total. The second-order valence-corrected chi connectivity index (χ2v) is 3.80. The highest BCUT2D eigenvalue weighted by atomic mass is 35.5. The van der Waals surface area contributed by atoms with Crippen molar-refractivity contribution in [1.29, 1.82) is 0 Å². The summed E-state index contributed by atoms with van der Waals surface area (Å²) in [5.41, 5.74) is 5.54. The Morgan fingerprint density at radius 1 is 1.67 bits per heavy atom. The average Bonchev–Trinajstić information content (AvgIpc) is 2.15. The molecule has 1 aromatic heterocycles. The van der Waals surface area contributed by atoms with Gasteiger partial charge in [-0.2, -0.15) is 0 Å². The van der Waals surface area contributed by atoms with Gasteiger partial charge in [-0.3, -0.25) is 4.79 Å². The molecule has 5 heteroatoms. The Kier molecular flexibility index (Phi) is 4.52. The number of anilines is 1. The van der Waals surface area contributed by atoms with Gasteiger partial charge in [0, 0.05) is 12.5 Å². The zero-order chi connectivity index (χ0) is 11.3. The molecule has 0 radical (unpaired) electrons. The first-order valence-electron chi connectivity index (χ1n) is 4.76. The summed E-state index contributed by atoms with van der Waals surface area (Å²) in [4.78, 5) is 15.3. The van der Waals surface area contributed by atoms with Crippen LogP contribution in [0.15, 0.2) is 18.2 Å². The molecule has 0 aromatic carbocycles. The number of amides is 1. The van der Waals surface area contributed by atoms with Crippen LogP contribution in [0.3, 0.4) is 0 Å². The number of rotatable bonds is 4. The van der Waals surface area contributed by atoms with Crippen LogP contribution in [0, 0.1) is 0 Å². The normalized spacial score (nSPS) is 12.2.